The fourth-order valence-corrected chi connectivity index (χ4v) is 2.02. The van der Waals surface area contributed by atoms with Crippen LogP contribution in [0.25, 0.3) is 0 Å². The van der Waals surface area contributed by atoms with Crippen LogP contribution in [0.15, 0.2) is 42.6 Å². The topological polar surface area (TPSA) is 50.3 Å². The highest BCUT2D eigenvalue weighted by molar-refractivity contribution is 6.34. The lowest BCUT2D eigenvalue weighted by Gasteiger charge is -2.13. The monoisotopic (exact) mass is 238 g/mol. The lowest BCUT2D eigenvalue weighted by atomic mass is 10.1. The molecule has 0 atom stereocenters. The number of aryl methyl sites for hydroxylation is 1. The van der Waals surface area contributed by atoms with Gasteiger partial charge in [-0.3, -0.25) is 14.6 Å². The third kappa shape index (κ3) is 1.43. The number of anilines is 1. The Morgan fingerprint density at radius 1 is 0.944 bits per heavy atom. The molecule has 2 heterocycles. The normalized spacial score (nSPS) is 13.9. The Balaban J connectivity index is 2.09. The zero-order chi connectivity index (χ0) is 12.7. The standard InChI is InChI=1S/C14H10N2O2/c1-9-6-7-10(8-15-9)16-13(17)11-4-2-3-5-12(11)14(16)18/h2-8H,1H3. The van der Waals surface area contributed by atoms with E-state index in [9.17, 15) is 9.59 Å². The number of carbonyl (C=O) groups is 2. The minimum atomic E-state index is -0.291. The van der Waals surface area contributed by atoms with Crippen molar-refractivity contribution >= 4 is 17.5 Å². The van der Waals surface area contributed by atoms with Crippen LogP contribution in [0.2, 0.25) is 0 Å². The van der Waals surface area contributed by atoms with Crippen LogP contribution < -0.4 is 4.90 Å². The second-order valence-corrected chi connectivity index (χ2v) is 4.15. The molecular weight excluding hydrogens is 228 g/mol. The van der Waals surface area contributed by atoms with E-state index in [1.54, 1.807) is 36.4 Å². The quantitative estimate of drug-likeness (QED) is 0.715. The maximum atomic E-state index is 12.2. The van der Waals surface area contributed by atoms with Gasteiger partial charge >= 0.3 is 0 Å². The maximum absolute atomic E-state index is 12.2. The van der Waals surface area contributed by atoms with Crippen molar-refractivity contribution in [2.45, 2.75) is 6.92 Å². The SMILES string of the molecule is Cc1ccc(N2C(=O)c3ccccc3C2=O)cn1. The molecule has 1 aromatic heterocycles. The Hall–Kier alpha value is -2.49. The Bertz CT molecular complexity index is 612. The molecule has 0 unspecified atom stereocenters. The van der Waals surface area contributed by atoms with Crippen LogP contribution >= 0.6 is 0 Å². The molecule has 0 spiro atoms. The van der Waals surface area contributed by atoms with Crippen molar-refractivity contribution in [2.24, 2.45) is 0 Å². The molecule has 4 heteroatoms. The highest BCUT2D eigenvalue weighted by Gasteiger charge is 2.36. The number of aromatic nitrogens is 1. The molecule has 18 heavy (non-hydrogen) atoms. The molecule has 0 N–H and O–H groups in total. The van der Waals surface area contributed by atoms with Crippen LogP contribution in [0.4, 0.5) is 5.69 Å². The van der Waals surface area contributed by atoms with E-state index in [4.69, 9.17) is 0 Å². The molecule has 0 bridgehead atoms. The molecule has 2 amide bonds. The van der Waals surface area contributed by atoms with Crippen LogP contribution in [-0.4, -0.2) is 16.8 Å². The van der Waals surface area contributed by atoms with Gasteiger partial charge in [-0.1, -0.05) is 12.1 Å². The van der Waals surface area contributed by atoms with Gasteiger partial charge in [-0.2, -0.15) is 0 Å². The van der Waals surface area contributed by atoms with Gasteiger partial charge < -0.3 is 0 Å². The molecule has 4 nitrogen and oxygen atoms in total. The van der Waals surface area contributed by atoms with Crippen LogP contribution in [-0.2, 0) is 0 Å². The van der Waals surface area contributed by atoms with Gasteiger partial charge in [-0.15, -0.1) is 0 Å². The molecule has 1 aliphatic rings. The Morgan fingerprint density at radius 2 is 1.56 bits per heavy atom. The van der Waals surface area contributed by atoms with E-state index in [-0.39, 0.29) is 11.8 Å². The average molecular weight is 238 g/mol. The fraction of sp³-hybridized carbons (Fsp3) is 0.0714. The zero-order valence-corrected chi connectivity index (χ0v) is 9.75. The lowest BCUT2D eigenvalue weighted by molar-refractivity contribution is 0.0926. The predicted molar refractivity (Wildman–Crippen MR) is 66.6 cm³/mol. The van der Waals surface area contributed by atoms with E-state index in [2.05, 4.69) is 4.98 Å². The van der Waals surface area contributed by atoms with Crippen molar-refractivity contribution in [1.29, 1.82) is 0 Å². The van der Waals surface area contributed by atoms with Crippen LogP contribution in [0.5, 0.6) is 0 Å². The highest BCUT2D eigenvalue weighted by atomic mass is 16.2. The van der Waals surface area contributed by atoms with Crippen LogP contribution in [0.1, 0.15) is 26.4 Å². The zero-order valence-electron chi connectivity index (χ0n) is 9.75. The Labute approximate surface area is 104 Å². The van der Waals surface area contributed by atoms with E-state index in [1.807, 2.05) is 6.92 Å². The van der Waals surface area contributed by atoms with Crippen molar-refractivity contribution in [2.75, 3.05) is 4.90 Å². The first-order chi connectivity index (χ1) is 8.68. The molecule has 1 aliphatic heterocycles. The predicted octanol–water partition coefficient (Wildman–Crippen LogP) is 2.19. The summed E-state index contributed by atoms with van der Waals surface area (Å²) in [5.74, 6) is -0.581. The minimum Gasteiger partial charge on any atom is -0.268 e. The summed E-state index contributed by atoms with van der Waals surface area (Å²) < 4.78 is 0. The molecule has 1 aromatic carbocycles. The van der Waals surface area contributed by atoms with Gasteiger partial charge in [0.2, 0.25) is 0 Å². The van der Waals surface area contributed by atoms with Crippen molar-refractivity contribution < 1.29 is 9.59 Å². The van der Waals surface area contributed by atoms with Gasteiger partial charge in [0.05, 0.1) is 23.0 Å². The number of hydrogen-bond acceptors (Lipinski definition) is 3. The fourth-order valence-electron chi connectivity index (χ4n) is 2.02. The number of imide groups is 1. The van der Waals surface area contributed by atoms with Gasteiger partial charge in [0, 0.05) is 5.69 Å². The number of fused-ring (bicyclic) bond motifs is 1. The van der Waals surface area contributed by atoms with Crippen molar-refractivity contribution in [1.82, 2.24) is 4.98 Å². The smallest absolute Gasteiger partial charge is 0.266 e. The summed E-state index contributed by atoms with van der Waals surface area (Å²) in [5.41, 5.74) is 2.24. The molecule has 0 saturated heterocycles. The number of pyridine rings is 1. The highest BCUT2D eigenvalue weighted by Crippen LogP contribution is 2.27. The lowest BCUT2D eigenvalue weighted by Crippen LogP contribution is -2.29. The van der Waals surface area contributed by atoms with E-state index in [0.717, 1.165) is 10.6 Å². The number of nitrogens with zero attached hydrogens (tertiary/aromatic N) is 2. The van der Waals surface area contributed by atoms with Crippen molar-refractivity contribution in [3.63, 3.8) is 0 Å². The third-order valence-electron chi connectivity index (χ3n) is 2.95. The third-order valence-corrected chi connectivity index (χ3v) is 2.95. The first kappa shape index (κ1) is 10.7. The second kappa shape index (κ2) is 3.77. The summed E-state index contributed by atoms with van der Waals surface area (Å²) in [6.45, 7) is 1.85. The molecular formula is C14H10N2O2. The van der Waals surface area contributed by atoms with Crippen LogP contribution in [0, 0.1) is 6.92 Å². The van der Waals surface area contributed by atoms with E-state index in [0.29, 0.717) is 16.8 Å². The molecule has 3 rings (SSSR count). The molecule has 2 aromatic rings. The largest absolute Gasteiger partial charge is 0.268 e. The van der Waals surface area contributed by atoms with Crippen molar-refractivity contribution in [3.05, 3.63) is 59.4 Å². The molecule has 0 fully saturated rings. The summed E-state index contributed by atoms with van der Waals surface area (Å²) >= 11 is 0. The first-order valence-corrected chi connectivity index (χ1v) is 5.59. The van der Waals surface area contributed by atoms with E-state index in [1.165, 1.54) is 6.20 Å². The van der Waals surface area contributed by atoms with Gasteiger partial charge in [0.1, 0.15) is 0 Å². The summed E-state index contributed by atoms with van der Waals surface area (Å²) in [5, 5.41) is 0. The summed E-state index contributed by atoms with van der Waals surface area (Å²) in [6.07, 6.45) is 1.54. The summed E-state index contributed by atoms with van der Waals surface area (Å²) in [4.78, 5) is 29.6. The average Bonchev–Trinajstić information content (AvgIpc) is 2.64. The first-order valence-electron chi connectivity index (χ1n) is 5.59. The van der Waals surface area contributed by atoms with Crippen molar-refractivity contribution in [3.8, 4) is 0 Å². The number of benzene rings is 1. The van der Waals surface area contributed by atoms with Gasteiger partial charge in [0.25, 0.3) is 11.8 Å². The number of hydrogen-bond donors (Lipinski definition) is 0. The Kier molecular flexibility index (Phi) is 2.23. The second-order valence-electron chi connectivity index (χ2n) is 4.15. The summed E-state index contributed by atoms with van der Waals surface area (Å²) in [7, 11) is 0. The minimum absolute atomic E-state index is 0.291. The van der Waals surface area contributed by atoms with E-state index < -0.39 is 0 Å². The molecule has 88 valence electrons. The maximum Gasteiger partial charge on any atom is 0.266 e. The van der Waals surface area contributed by atoms with Crippen LogP contribution in [0.3, 0.4) is 0 Å². The number of amides is 2. The molecule has 0 saturated carbocycles. The Morgan fingerprint density at radius 3 is 2.06 bits per heavy atom. The van der Waals surface area contributed by atoms with Gasteiger partial charge in [-0.25, -0.2) is 4.90 Å². The number of carbonyl (C=O) groups excluding carboxylic acids is 2. The molecule has 0 aliphatic carbocycles. The number of rotatable bonds is 1. The van der Waals surface area contributed by atoms with Gasteiger partial charge in [-0.05, 0) is 31.2 Å². The summed E-state index contributed by atoms with van der Waals surface area (Å²) in [6, 6.07) is 10.3. The van der Waals surface area contributed by atoms with Gasteiger partial charge in [0.15, 0.2) is 0 Å². The van der Waals surface area contributed by atoms with E-state index >= 15 is 0 Å². The molecule has 0 radical (unpaired) electrons.